The summed E-state index contributed by atoms with van der Waals surface area (Å²) >= 11 is 0. The lowest BCUT2D eigenvalue weighted by Gasteiger charge is -2.11. The van der Waals surface area contributed by atoms with E-state index in [4.69, 9.17) is 9.47 Å². The second-order valence-electron chi connectivity index (χ2n) is 4.51. The zero-order chi connectivity index (χ0) is 15.0. The molecule has 1 aromatic rings. The number of Topliss-reactive ketones (excluding diaryl/α,β-unsaturated/α-hetero) is 1. The predicted molar refractivity (Wildman–Crippen MR) is 75.9 cm³/mol. The van der Waals surface area contributed by atoms with Crippen molar-refractivity contribution >= 4 is 11.7 Å². The van der Waals surface area contributed by atoms with Crippen LogP contribution in [-0.4, -0.2) is 25.9 Å². The molecule has 1 rings (SSSR count). The molecule has 0 aliphatic carbocycles. The van der Waals surface area contributed by atoms with Crippen LogP contribution in [0.2, 0.25) is 0 Å². The van der Waals surface area contributed by atoms with Crippen LogP contribution in [0.1, 0.15) is 31.7 Å². The maximum atomic E-state index is 11.6. The van der Waals surface area contributed by atoms with Crippen molar-refractivity contribution in [3.8, 4) is 11.5 Å². The maximum Gasteiger partial charge on any atom is 0.220 e. The number of methoxy groups -OCH3 is 2. The molecular weight excluding hydrogens is 258 g/mol. The molecule has 5 nitrogen and oxygen atoms in total. The van der Waals surface area contributed by atoms with E-state index in [9.17, 15) is 9.59 Å². The van der Waals surface area contributed by atoms with Crippen LogP contribution >= 0.6 is 0 Å². The summed E-state index contributed by atoms with van der Waals surface area (Å²) in [6.07, 6.45) is 1.39. The minimum atomic E-state index is -0.0656. The Morgan fingerprint density at radius 1 is 1.15 bits per heavy atom. The zero-order valence-corrected chi connectivity index (χ0v) is 12.2. The summed E-state index contributed by atoms with van der Waals surface area (Å²) in [5.74, 6) is 1.42. The Labute approximate surface area is 119 Å². The molecule has 110 valence electrons. The Hall–Kier alpha value is -2.04. The number of benzene rings is 1. The Morgan fingerprint density at radius 2 is 1.90 bits per heavy atom. The molecule has 1 N–H and O–H groups in total. The van der Waals surface area contributed by atoms with E-state index in [0.29, 0.717) is 37.3 Å². The molecule has 0 aliphatic heterocycles. The van der Waals surface area contributed by atoms with Crippen LogP contribution in [0.3, 0.4) is 0 Å². The summed E-state index contributed by atoms with van der Waals surface area (Å²) in [5.41, 5.74) is 0.883. The van der Waals surface area contributed by atoms with Crippen molar-refractivity contribution in [2.75, 3.05) is 14.2 Å². The van der Waals surface area contributed by atoms with Gasteiger partial charge in [0.15, 0.2) is 0 Å². The fourth-order valence-corrected chi connectivity index (χ4v) is 1.78. The first-order chi connectivity index (χ1) is 9.56. The van der Waals surface area contributed by atoms with Gasteiger partial charge in [0.1, 0.15) is 17.3 Å². The summed E-state index contributed by atoms with van der Waals surface area (Å²) in [5, 5.41) is 2.81. The van der Waals surface area contributed by atoms with Gasteiger partial charge in [0.25, 0.3) is 0 Å². The number of hydrogen-bond donors (Lipinski definition) is 1. The molecule has 0 atom stereocenters. The molecule has 0 aliphatic rings. The smallest absolute Gasteiger partial charge is 0.220 e. The van der Waals surface area contributed by atoms with Crippen LogP contribution in [-0.2, 0) is 16.1 Å². The number of carbonyl (C=O) groups is 2. The first-order valence-corrected chi connectivity index (χ1v) is 6.54. The minimum absolute atomic E-state index is 0.0656. The SMILES string of the molecule is COc1ccc(CNC(=O)CCCC(C)=O)c(OC)c1. The highest BCUT2D eigenvalue weighted by molar-refractivity contribution is 5.78. The molecule has 0 aromatic heterocycles. The normalized spacial score (nSPS) is 9.95. The third-order valence-corrected chi connectivity index (χ3v) is 2.90. The molecule has 0 bridgehead atoms. The van der Waals surface area contributed by atoms with Crippen LogP contribution in [0.4, 0.5) is 0 Å². The largest absolute Gasteiger partial charge is 0.497 e. The average molecular weight is 279 g/mol. The quantitative estimate of drug-likeness (QED) is 0.791. The van der Waals surface area contributed by atoms with Crippen LogP contribution < -0.4 is 14.8 Å². The van der Waals surface area contributed by atoms with Crippen molar-refractivity contribution in [2.24, 2.45) is 0 Å². The van der Waals surface area contributed by atoms with Gasteiger partial charge in [0.05, 0.1) is 14.2 Å². The van der Waals surface area contributed by atoms with Gasteiger partial charge in [-0.1, -0.05) is 0 Å². The van der Waals surface area contributed by atoms with Crippen molar-refractivity contribution in [1.29, 1.82) is 0 Å². The second kappa shape index (κ2) is 8.19. The van der Waals surface area contributed by atoms with Gasteiger partial charge in [-0.25, -0.2) is 0 Å². The van der Waals surface area contributed by atoms with Crippen molar-refractivity contribution in [3.05, 3.63) is 23.8 Å². The Kier molecular flexibility index (Phi) is 6.56. The second-order valence-corrected chi connectivity index (χ2v) is 4.51. The molecule has 0 fully saturated rings. The van der Waals surface area contributed by atoms with Gasteiger partial charge < -0.3 is 19.6 Å². The first-order valence-electron chi connectivity index (χ1n) is 6.54. The molecular formula is C15H21NO4. The van der Waals surface area contributed by atoms with Crippen molar-refractivity contribution in [3.63, 3.8) is 0 Å². The molecule has 0 spiro atoms. The monoisotopic (exact) mass is 279 g/mol. The summed E-state index contributed by atoms with van der Waals surface area (Å²) in [6, 6.07) is 5.45. The van der Waals surface area contributed by atoms with E-state index in [2.05, 4.69) is 5.32 Å². The van der Waals surface area contributed by atoms with Crippen molar-refractivity contribution < 1.29 is 19.1 Å². The Balaban J connectivity index is 2.48. The van der Waals surface area contributed by atoms with Gasteiger partial charge in [-0.2, -0.15) is 0 Å². The van der Waals surface area contributed by atoms with E-state index in [0.717, 1.165) is 5.56 Å². The molecule has 0 saturated carbocycles. The average Bonchev–Trinajstić information content (AvgIpc) is 2.44. The van der Waals surface area contributed by atoms with E-state index in [1.807, 2.05) is 12.1 Å². The lowest BCUT2D eigenvalue weighted by molar-refractivity contribution is -0.121. The molecule has 20 heavy (non-hydrogen) atoms. The summed E-state index contributed by atoms with van der Waals surface area (Å²) < 4.78 is 10.4. The fraction of sp³-hybridized carbons (Fsp3) is 0.467. The number of carbonyl (C=O) groups excluding carboxylic acids is 2. The van der Waals surface area contributed by atoms with E-state index >= 15 is 0 Å². The molecule has 1 amide bonds. The highest BCUT2D eigenvalue weighted by atomic mass is 16.5. The van der Waals surface area contributed by atoms with Crippen LogP contribution in [0.25, 0.3) is 0 Å². The minimum Gasteiger partial charge on any atom is -0.497 e. The molecule has 0 saturated heterocycles. The number of ether oxygens (including phenoxy) is 2. The lowest BCUT2D eigenvalue weighted by atomic mass is 10.1. The standard InChI is InChI=1S/C15H21NO4/c1-11(17)5-4-6-15(18)16-10-12-7-8-13(19-2)9-14(12)20-3/h7-9H,4-6,10H2,1-3H3,(H,16,18). The Morgan fingerprint density at radius 3 is 2.50 bits per heavy atom. The Bertz CT molecular complexity index is 471. The molecule has 0 heterocycles. The van der Waals surface area contributed by atoms with Crippen LogP contribution in [0.15, 0.2) is 18.2 Å². The van der Waals surface area contributed by atoms with Crippen LogP contribution in [0.5, 0.6) is 11.5 Å². The number of nitrogens with one attached hydrogen (secondary N) is 1. The third kappa shape index (κ3) is 5.30. The summed E-state index contributed by atoms with van der Waals surface area (Å²) in [6.45, 7) is 1.92. The molecule has 1 aromatic carbocycles. The van der Waals surface area contributed by atoms with Gasteiger partial charge in [0.2, 0.25) is 5.91 Å². The fourth-order valence-electron chi connectivity index (χ4n) is 1.78. The lowest BCUT2D eigenvalue weighted by Crippen LogP contribution is -2.22. The number of ketones is 1. The number of amides is 1. The van der Waals surface area contributed by atoms with Crippen molar-refractivity contribution in [2.45, 2.75) is 32.7 Å². The van der Waals surface area contributed by atoms with E-state index in [-0.39, 0.29) is 11.7 Å². The topological polar surface area (TPSA) is 64.6 Å². The predicted octanol–water partition coefficient (Wildman–Crippen LogP) is 2.08. The van der Waals surface area contributed by atoms with Gasteiger partial charge in [-0.05, 0) is 25.5 Å². The summed E-state index contributed by atoms with van der Waals surface area (Å²) in [7, 11) is 3.16. The molecule has 5 heteroatoms. The highest BCUT2D eigenvalue weighted by Crippen LogP contribution is 2.24. The molecule has 0 radical (unpaired) electrons. The van der Waals surface area contributed by atoms with E-state index < -0.39 is 0 Å². The number of hydrogen-bond acceptors (Lipinski definition) is 4. The highest BCUT2D eigenvalue weighted by Gasteiger charge is 2.07. The van der Waals surface area contributed by atoms with Crippen molar-refractivity contribution in [1.82, 2.24) is 5.32 Å². The van der Waals surface area contributed by atoms with Gasteiger partial charge in [0, 0.05) is 31.0 Å². The van der Waals surface area contributed by atoms with Gasteiger partial charge in [-0.3, -0.25) is 4.79 Å². The maximum absolute atomic E-state index is 11.6. The van der Waals surface area contributed by atoms with Gasteiger partial charge in [-0.15, -0.1) is 0 Å². The summed E-state index contributed by atoms with van der Waals surface area (Å²) in [4.78, 5) is 22.4. The zero-order valence-electron chi connectivity index (χ0n) is 12.2. The molecule has 0 unspecified atom stereocenters. The van der Waals surface area contributed by atoms with E-state index in [1.54, 1.807) is 20.3 Å². The number of rotatable bonds is 8. The van der Waals surface area contributed by atoms with Gasteiger partial charge >= 0.3 is 0 Å². The van der Waals surface area contributed by atoms with Crippen LogP contribution in [0, 0.1) is 0 Å². The third-order valence-electron chi connectivity index (χ3n) is 2.90. The van der Waals surface area contributed by atoms with E-state index in [1.165, 1.54) is 6.92 Å². The first kappa shape index (κ1) is 16.0.